The van der Waals surface area contributed by atoms with Crippen LogP contribution in [-0.2, 0) is 22.6 Å². The number of carbonyl (C=O) groups excluding carboxylic acids is 2. The first-order chi connectivity index (χ1) is 15.6. The Morgan fingerprint density at radius 2 is 1.94 bits per heavy atom. The second-order valence-corrected chi connectivity index (χ2v) is 8.03. The number of aryl methyl sites for hydroxylation is 1. The molecule has 0 aliphatic carbocycles. The number of benzene rings is 2. The molecule has 2 aromatic carbocycles. The Kier molecular flexibility index (Phi) is 5.40. The van der Waals surface area contributed by atoms with Crippen LogP contribution < -0.4 is 20.2 Å². The molecule has 9 nitrogen and oxygen atoms in total. The minimum absolute atomic E-state index is 0.0288. The Balaban J connectivity index is 1.16. The molecule has 3 aliphatic rings. The van der Waals surface area contributed by atoms with Crippen LogP contribution in [0.25, 0.3) is 0 Å². The first-order valence-corrected chi connectivity index (χ1v) is 10.7. The highest BCUT2D eigenvalue weighted by molar-refractivity contribution is 5.91. The largest absolute Gasteiger partial charge is 0.454 e. The minimum atomic E-state index is -0.384. The number of hydrogen-bond donors (Lipinski definition) is 2. The van der Waals surface area contributed by atoms with Crippen molar-refractivity contribution >= 4 is 18.2 Å². The number of nitrogens with zero attached hydrogens (tertiary/aromatic N) is 3. The topological polar surface area (TPSA) is 95.5 Å². The lowest BCUT2D eigenvalue weighted by atomic mass is 9.99. The maximum Gasteiger partial charge on any atom is 0.267 e. The predicted octanol–water partition coefficient (Wildman–Crippen LogP) is 1.70. The number of nitrogens with one attached hydrogen (secondary N) is 2. The molecule has 2 aromatic rings. The van der Waals surface area contributed by atoms with E-state index in [9.17, 15) is 9.59 Å². The number of amides is 2. The molecule has 2 N–H and O–H groups in total. The van der Waals surface area contributed by atoms with Crippen LogP contribution in [0.1, 0.15) is 36.1 Å². The van der Waals surface area contributed by atoms with Gasteiger partial charge in [-0.15, -0.1) is 0 Å². The van der Waals surface area contributed by atoms with Crippen molar-refractivity contribution in [2.45, 2.75) is 38.4 Å². The summed E-state index contributed by atoms with van der Waals surface area (Å²) in [5.74, 6) is 0.896. The highest BCUT2D eigenvalue weighted by Crippen LogP contribution is 2.32. The van der Waals surface area contributed by atoms with Crippen LogP contribution in [0, 0.1) is 0 Å². The van der Waals surface area contributed by atoms with Crippen LogP contribution in [0.3, 0.4) is 0 Å². The Morgan fingerprint density at radius 3 is 2.75 bits per heavy atom. The van der Waals surface area contributed by atoms with Crippen LogP contribution in [0.4, 0.5) is 0 Å². The summed E-state index contributed by atoms with van der Waals surface area (Å²) >= 11 is 0. The van der Waals surface area contributed by atoms with Crippen LogP contribution in [0.2, 0.25) is 0 Å². The molecule has 0 spiro atoms. The zero-order valence-electron chi connectivity index (χ0n) is 17.8. The average molecular weight is 435 g/mol. The van der Waals surface area contributed by atoms with E-state index in [2.05, 4.69) is 47.0 Å². The van der Waals surface area contributed by atoms with Crippen molar-refractivity contribution in [3.63, 3.8) is 0 Å². The number of hydrazine groups is 1. The Bertz CT molecular complexity index is 1050. The first kappa shape index (κ1) is 20.3. The van der Waals surface area contributed by atoms with E-state index >= 15 is 0 Å². The molecule has 166 valence electrons. The highest BCUT2D eigenvalue weighted by atomic mass is 16.7. The quantitative estimate of drug-likeness (QED) is 0.717. The number of rotatable bonds is 6. The van der Waals surface area contributed by atoms with Crippen molar-refractivity contribution < 1.29 is 19.1 Å². The van der Waals surface area contributed by atoms with E-state index in [1.54, 1.807) is 11.3 Å². The molecule has 1 fully saturated rings. The molecule has 2 amide bonds. The van der Waals surface area contributed by atoms with Gasteiger partial charge in [0.2, 0.25) is 12.7 Å². The Labute approximate surface area is 185 Å². The van der Waals surface area contributed by atoms with Crippen molar-refractivity contribution in [1.82, 2.24) is 20.8 Å². The van der Waals surface area contributed by atoms with Gasteiger partial charge in [-0.05, 0) is 41.7 Å². The van der Waals surface area contributed by atoms with Crippen molar-refractivity contribution in [2.75, 3.05) is 13.3 Å². The van der Waals surface area contributed by atoms with E-state index in [-0.39, 0.29) is 37.2 Å². The van der Waals surface area contributed by atoms with Crippen molar-refractivity contribution in [3.8, 4) is 11.5 Å². The summed E-state index contributed by atoms with van der Waals surface area (Å²) in [6.07, 6.45) is 3.19. The maximum atomic E-state index is 12.9. The molecule has 3 heterocycles. The molecule has 0 saturated carbocycles. The van der Waals surface area contributed by atoms with Gasteiger partial charge < -0.3 is 14.8 Å². The van der Waals surface area contributed by atoms with Crippen LogP contribution in [0.5, 0.6) is 11.5 Å². The summed E-state index contributed by atoms with van der Waals surface area (Å²) in [5, 5.41) is 9.98. The molecule has 0 bridgehead atoms. The zero-order valence-corrected chi connectivity index (χ0v) is 17.8. The number of fused-ring (bicyclic) bond motifs is 2. The van der Waals surface area contributed by atoms with Crippen LogP contribution in [-0.4, -0.2) is 47.6 Å². The number of ether oxygens (including phenoxy) is 2. The summed E-state index contributed by atoms with van der Waals surface area (Å²) < 4.78 is 10.6. The monoisotopic (exact) mass is 435 g/mol. The van der Waals surface area contributed by atoms with E-state index < -0.39 is 0 Å². The predicted molar refractivity (Wildman–Crippen MR) is 117 cm³/mol. The van der Waals surface area contributed by atoms with Crippen LogP contribution in [0.15, 0.2) is 47.6 Å². The Morgan fingerprint density at radius 1 is 1.16 bits per heavy atom. The summed E-state index contributed by atoms with van der Waals surface area (Å²) in [6.45, 7) is 2.53. The maximum absolute atomic E-state index is 12.9. The van der Waals surface area contributed by atoms with E-state index in [0.29, 0.717) is 24.5 Å². The molecule has 3 aliphatic heterocycles. The SMILES string of the molecule is CCc1ccc(C2CC3C(=O)N(CC(=O)NCc4ccc5c(c4)OCO5)N=CN3N2)cc1. The second kappa shape index (κ2) is 8.51. The molecule has 2 atom stereocenters. The third-order valence-corrected chi connectivity index (χ3v) is 5.96. The van der Waals surface area contributed by atoms with Crippen molar-refractivity contribution in [1.29, 1.82) is 0 Å². The van der Waals surface area contributed by atoms with Gasteiger partial charge >= 0.3 is 0 Å². The minimum Gasteiger partial charge on any atom is -0.454 e. The van der Waals surface area contributed by atoms with Gasteiger partial charge in [-0.3, -0.25) is 14.6 Å². The second-order valence-electron chi connectivity index (χ2n) is 8.03. The molecule has 2 unspecified atom stereocenters. The molecular weight excluding hydrogens is 410 g/mol. The lowest BCUT2D eigenvalue weighted by molar-refractivity contribution is -0.140. The molecule has 0 radical (unpaired) electrons. The number of carbonyl (C=O) groups is 2. The molecule has 1 saturated heterocycles. The molecule has 0 aromatic heterocycles. The summed E-state index contributed by atoms with van der Waals surface area (Å²) in [5.41, 5.74) is 6.63. The van der Waals surface area contributed by atoms with E-state index in [1.807, 2.05) is 18.2 Å². The first-order valence-electron chi connectivity index (χ1n) is 10.7. The molecule has 9 heteroatoms. The number of hydrogen-bond acceptors (Lipinski definition) is 7. The third kappa shape index (κ3) is 3.99. The lowest BCUT2D eigenvalue weighted by Crippen LogP contribution is -2.52. The third-order valence-electron chi connectivity index (χ3n) is 5.96. The van der Waals surface area contributed by atoms with Gasteiger partial charge in [-0.1, -0.05) is 37.3 Å². The van der Waals surface area contributed by atoms with E-state index in [0.717, 1.165) is 17.5 Å². The van der Waals surface area contributed by atoms with Gasteiger partial charge in [0.1, 0.15) is 18.9 Å². The van der Waals surface area contributed by atoms with Crippen LogP contribution >= 0.6 is 0 Å². The van der Waals surface area contributed by atoms with Gasteiger partial charge in [0, 0.05) is 6.54 Å². The number of hydrazone groups is 1. The van der Waals surface area contributed by atoms with Gasteiger partial charge in [0.25, 0.3) is 5.91 Å². The Hall–Kier alpha value is -3.59. The molecule has 32 heavy (non-hydrogen) atoms. The smallest absolute Gasteiger partial charge is 0.267 e. The zero-order chi connectivity index (χ0) is 22.1. The van der Waals surface area contributed by atoms with E-state index in [1.165, 1.54) is 10.6 Å². The van der Waals surface area contributed by atoms with E-state index in [4.69, 9.17) is 9.47 Å². The average Bonchev–Trinajstić information content (AvgIpc) is 3.47. The van der Waals surface area contributed by atoms with Gasteiger partial charge in [-0.25, -0.2) is 10.4 Å². The van der Waals surface area contributed by atoms with Crippen molar-refractivity contribution in [2.24, 2.45) is 5.10 Å². The summed E-state index contributed by atoms with van der Waals surface area (Å²) in [6, 6.07) is 13.6. The fraction of sp³-hybridized carbons (Fsp3) is 0.348. The standard InChI is InChI=1S/C23H25N5O4/c1-2-15-3-6-17(7-4-15)18-10-19-23(30)27(25-13-28(19)26-18)12-22(29)24-11-16-5-8-20-21(9-16)32-14-31-20/h3-9,13,18-19,26H,2,10-12,14H2,1H3,(H,24,29). The normalized spacial score (nSPS) is 21.1. The molecule has 5 rings (SSSR count). The molecular formula is C23H25N5O4. The van der Waals surface area contributed by atoms with Gasteiger partial charge in [-0.2, -0.15) is 5.10 Å². The fourth-order valence-electron chi connectivity index (χ4n) is 4.10. The summed E-state index contributed by atoms with van der Waals surface area (Å²) in [4.78, 5) is 25.4. The lowest BCUT2D eigenvalue weighted by Gasteiger charge is -2.29. The fourth-order valence-corrected chi connectivity index (χ4v) is 4.10. The van der Waals surface area contributed by atoms with Gasteiger partial charge in [0.05, 0.1) is 6.04 Å². The highest BCUT2D eigenvalue weighted by Gasteiger charge is 2.41. The van der Waals surface area contributed by atoms with Crippen molar-refractivity contribution in [3.05, 3.63) is 59.2 Å². The summed E-state index contributed by atoms with van der Waals surface area (Å²) in [7, 11) is 0. The van der Waals surface area contributed by atoms with Gasteiger partial charge in [0.15, 0.2) is 11.5 Å².